The number of hydrogen-bond donors (Lipinski definition) is 1. The minimum absolute atomic E-state index is 0.0204. The molecule has 1 fully saturated rings. The zero-order valence-electron chi connectivity index (χ0n) is 13.6. The molecule has 0 unspecified atom stereocenters. The summed E-state index contributed by atoms with van der Waals surface area (Å²) in [6, 6.07) is 1.24. The lowest BCUT2D eigenvalue weighted by Crippen LogP contribution is -2.42. The minimum atomic E-state index is -3.10. The third-order valence-corrected chi connectivity index (χ3v) is 5.78. The van der Waals surface area contributed by atoms with Crippen LogP contribution in [0.5, 0.6) is 0 Å². The van der Waals surface area contributed by atoms with Crippen LogP contribution in [0.2, 0.25) is 5.15 Å². The molecule has 2 atom stereocenters. The third kappa shape index (κ3) is 4.45. The first kappa shape index (κ1) is 18.7. The van der Waals surface area contributed by atoms with E-state index in [4.69, 9.17) is 16.3 Å². The van der Waals surface area contributed by atoms with Gasteiger partial charge in [0.2, 0.25) is 0 Å². The standard InChI is InChI=1S/C15H19ClN2O5S/c1-8-6-9(2)17-13(16)12(8)15(20)23-10(3)14(19)18-11-4-5-24(21,22)7-11/h6,10-11H,4-5,7H2,1-3H3,(H,18,19)/t10-,11-/m0/s1. The highest BCUT2D eigenvalue weighted by molar-refractivity contribution is 7.91. The second-order valence-electron chi connectivity index (χ2n) is 5.90. The Kier molecular flexibility index (Phi) is 5.49. The van der Waals surface area contributed by atoms with Crippen molar-refractivity contribution in [3.05, 3.63) is 28.0 Å². The molecular formula is C15H19ClN2O5S. The Hall–Kier alpha value is -1.67. The Labute approximate surface area is 145 Å². The Morgan fingerprint density at radius 2 is 2.08 bits per heavy atom. The van der Waals surface area contributed by atoms with E-state index in [2.05, 4.69) is 10.3 Å². The van der Waals surface area contributed by atoms with Crippen molar-refractivity contribution in [1.82, 2.24) is 10.3 Å². The molecule has 0 aromatic carbocycles. The van der Waals surface area contributed by atoms with Gasteiger partial charge in [-0.2, -0.15) is 0 Å². The molecule has 132 valence electrons. The molecule has 1 amide bonds. The average molecular weight is 375 g/mol. The number of hydrogen-bond acceptors (Lipinski definition) is 6. The van der Waals surface area contributed by atoms with E-state index < -0.39 is 33.9 Å². The monoisotopic (exact) mass is 374 g/mol. The first-order chi connectivity index (χ1) is 11.1. The van der Waals surface area contributed by atoms with Crippen LogP contribution < -0.4 is 5.32 Å². The van der Waals surface area contributed by atoms with Crippen LogP contribution in [-0.4, -0.2) is 48.9 Å². The number of carbonyl (C=O) groups is 2. The van der Waals surface area contributed by atoms with Crippen molar-refractivity contribution in [2.24, 2.45) is 0 Å². The van der Waals surface area contributed by atoms with Gasteiger partial charge >= 0.3 is 5.97 Å². The van der Waals surface area contributed by atoms with Gasteiger partial charge in [-0.25, -0.2) is 18.2 Å². The van der Waals surface area contributed by atoms with E-state index in [1.54, 1.807) is 19.9 Å². The second kappa shape index (κ2) is 7.06. The highest BCUT2D eigenvalue weighted by Crippen LogP contribution is 2.20. The summed E-state index contributed by atoms with van der Waals surface area (Å²) in [6.07, 6.45) is -0.709. The normalized spacial score (nSPS) is 20.4. The Bertz CT molecular complexity index is 755. The number of carbonyl (C=O) groups excluding carboxylic acids is 2. The van der Waals surface area contributed by atoms with Crippen LogP contribution >= 0.6 is 11.6 Å². The molecule has 2 rings (SSSR count). The van der Waals surface area contributed by atoms with Crippen LogP contribution in [0.25, 0.3) is 0 Å². The summed E-state index contributed by atoms with van der Waals surface area (Å²) in [5.74, 6) is -1.33. The Morgan fingerprint density at radius 1 is 1.42 bits per heavy atom. The molecule has 1 aliphatic heterocycles. The summed E-state index contributed by atoms with van der Waals surface area (Å²) in [5, 5.41) is 2.61. The zero-order valence-corrected chi connectivity index (χ0v) is 15.2. The highest BCUT2D eigenvalue weighted by atomic mass is 35.5. The maximum Gasteiger partial charge on any atom is 0.342 e. The SMILES string of the molecule is Cc1cc(C)c(C(=O)O[C@@H](C)C(=O)N[C@H]2CCS(=O)(=O)C2)c(Cl)n1. The molecule has 7 nitrogen and oxygen atoms in total. The number of halogens is 1. The Balaban J connectivity index is 2.00. The molecule has 9 heteroatoms. The lowest BCUT2D eigenvalue weighted by molar-refractivity contribution is -0.129. The van der Waals surface area contributed by atoms with Crippen LogP contribution in [0.15, 0.2) is 6.07 Å². The molecule has 0 spiro atoms. The maximum atomic E-state index is 12.2. The minimum Gasteiger partial charge on any atom is -0.449 e. The van der Waals surface area contributed by atoms with Gasteiger partial charge in [-0.1, -0.05) is 11.6 Å². The van der Waals surface area contributed by atoms with Crippen LogP contribution in [0.4, 0.5) is 0 Å². The number of aryl methyl sites for hydroxylation is 2. The number of rotatable bonds is 4. The number of nitrogens with one attached hydrogen (secondary N) is 1. The number of ether oxygens (including phenoxy) is 1. The molecule has 0 bridgehead atoms. The van der Waals surface area contributed by atoms with Gasteiger partial charge in [-0.05, 0) is 38.8 Å². The van der Waals surface area contributed by atoms with Gasteiger partial charge in [0.05, 0.1) is 17.1 Å². The lowest BCUT2D eigenvalue weighted by Gasteiger charge is -2.17. The second-order valence-corrected chi connectivity index (χ2v) is 8.49. The van der Waals surface area contributed by atoms with Gasteiger partial charge in [0.1, 0.15) is 5.15 Å². The summed E-state index contributed by atoms with van der Waals surface area (Å²) in [5.41, 5.74) is 1.39. The van der Waals surface area contributed by atoms with Crippen LogP contribution in [0.3, 0.4) is 0 Å². The van der Waals surface area contributed by atoms with Crippen LogP contribution in [0, 0.1) is 13.8 Å². The van der Waals surface area contributed by atoms with Gasteiger partial charge in [-0.15, -0.1) is 0 Å². The fourth-order valence-electron chi connectivity index (χ4n) is 2.54. The first-order valence-corrected chi connectivity index (χ1v) is 9.64. The predicted molar refractivity (Wildman–Crippen MR) is 88.8 cm³/mol. The fourth-order valence-corrected chi connectivity index (χ4v) is 4.57. The summed E-state index contributed by atoms with van der Waals surface area (Å²) >= 11 is 5.98. The molecular weight excluding hydrogens is 356 g/mol. The Morgan fingerprint density at radius 3 is 2.62 bits per heavy atom. The molecule has 0 aliphatic carbocycles. The molecule has 1 aromatic rings. The summed E-state index contributed by atoms with van der Waals surface area (Å²) in [4.78, 5) is 28.3. The van der Waals surface area contributed by atoms with E-state index in [1.807, 2.05) is 0 Å². The molecule has 2 heterocycles. The molecule has 1 N–H and O–H groups in total. The van der Waals surface area contributed by atoms with Gasteiger partial charge in [0.25, 0.3) is 5.91 Å². The molecule has 1 aliphatic rings. The number of pyridine rings is 1. The quantitative estimate of drug-likeness (QED) is 0.627. The first-order valence-electron chi connectivity index (χ1n) is 7.44. The van der Waals surface area contributed by atoms with Gasteiger partial charge in [0.15, 0.2) is 15.9 Å². The van der Waals surface area contributed by atoms with Gasteiger partial charge in [0, 0.05) is 11.7 Å². The average Bonchev–Trinajstić information content (AvgIpc) is 2.76. The zero-order chi connectivity index (χ0) is 18.1. The van der Waals surface area contributed by atoms with Crippen molar-refractivity contribution >= 4 is 33.3 Å². The molecule has 1 saturated heterocycles. The van der Waals surface area contributed by atoms with Crippen molar-refractivity contribution in [3.63, 3.8) is 0 Å². The van der Waals surface area contributed by atoms with E-state index in [0.717, 1.165) is 0 Å². The van der Waals surface area contributed by atoms with Gasteiger partial charge < -0.3 is 10.1 Å². The predicted octanol–water partition coefficient (Wildman–Crippen LogP) is 1.20. The van der Waals surface area contributed by atoms with Crippen LogP contribution in [0.1, 0.15) is 35.0 Å². The molecule has 0 saturated carbocycles. The maximum absolute atomic E-state index is 12.2. The van der Waals surface area contributed by atoms with Crippen molar-refractivity contribution in [1.29, 1.82) is 0 Å². The van der Waals surface area contributed by atoms with E-state index in [0.29, 0.717) is 17.7 Å². The highest BCUT2D eigenvalue weighted by Gasteiger charge is 2.31. The summed E-state index contributed by atoms with van der Waals surface area (Å²) in [7, 11) is -3.10. The van der Waals surface area contributed by atoms with E-state index >= 15 is 0 Å². The number of sulfone groups is 1. The molecule has 1 aromatic heterocycles. The third-order valence-electron chi connectivity index (χ3n) is 3.74. The van der Waals surface area contributed by atoms with Crippen molar-refractivity contribution < 1.29 is 22.7 Å². The van der Waals surface area contributed by atoms with E-state index in [1.165, 1.54) is 6.92 Å². The fraction of sp³-hybridized carbons (Fsp3) is 0.533. The lowest BCUT2D eigenvalue weighted by atomic mass is 10.1. The molecule has 24 heavy (non-hydrogen) atoms. The van der Waals surface area contributed by atoms with E-state index in [-0.39, 0.29) is 22.2 Å². The number of nitrogens with zero attached hydrogens (tertiary/aromatic N) is 1. The number of amides is 1. The van der Waals surface area contributed by atoms with Gasteiger partial charge in [-0.3, -0.25) is 4.79 Å². The topological polar surface area (TPSA) is 102 Å². The van der Waals surface area contributed by atoms with Crippen molar-refractivity contribution in [2.75, 3.05) is 11.5 Å². The van der Waals surface area contributed by atoms with Crippen molar-refractivity contribution in [3.8, 4) is 0 Å². The van der Waals surface area contributed by atoms with E-state index in [9.17, 15) is 18.0 Å². The number of esters is 1. The number of aromatic nitrogens is 1. The molecule has 0 radical (unpaired) electrons. The summed E-state index contributed by atoms with van der Waals surface area (Å²) in [6.45, 7) is 4.87. The summed E-state index contributed by atoms with van der Waals surface area (Å²) < 4.78 is 27.9. The smallest absolute Gasteiger partial charge is 0.342 e. The largest absolute Gasteiger partial charge is 0.449 e. The van der Waals surface area contributed by atoms with Crippen LogP contribution in [-0.2, 0) is 19.4 Å². The van der Waals surface area contributed by atoms with Crippen molar-refractivity contribution in [2.45, 2.75) is 39.3 Å².